The van der Waals surface area contributed by atoms with Crippen molar-refractivity contribution in [3.05, 3.63) is 58.1 Å². The Balaban J connectivity index is 1.84. The van der Waals surface area contributed by atoms with Gasteiger partial charge >= 0.3 is 0 Å². The normalized spacial score (nSPS) is 17.4. The summed E-state index contributed by atoms with van der Waals surface area (Å²) in [5.41, 5.74) is 4.04. The molecule has 0 bridgehead atoms. The molecule has 2 aromatic carbocycles. The van der Waals surface area contributed by atoms with E-state index in [1.54, 1.807) is 14.2 Å². The molecule has 1 aliphatic heterocycles. The molecular weight excluding hydrogens is 322 g/mol. The van der Waals surface area contributed by atoms with Crippen molar-refractivity contribution in [3.63, 3.8) is 0 Å². The van der Waals surface area contributed by atoms with Crippen molar-refractivity contribution in [2.75, 3.05) is 27.8 Å². The van der Waals surface area contributed by atoms with E-state index in [9.17, 15) is 0 Å². The van der Waals surface area contributed by atoms with E-state index in [4.69, 9.17) is 21.1 Å². The summed E-state index contributed by atoms with van der Waals surface area (Å²) >= 11 is 5.98. The number of rotatable bonds is 5. The van der Waals surface area contributed by atoms with Gasteiger partial charge in [-0.15, -0.1) is 0 Å². The highest BCUT2D eigenvalue weighted by molar-refractivity contribution is 6.30. The van der Waals surface area contributed by atoms with E-state index < -0.39 is 0 Å². The monoisotopic (exact) mass is 345 g/mol. The van der Waals surface area contributed by atoms with Gasteiger partial charge in [0.1, 0.15) is 0 Å². The lowest BCUT2D eigenvalue weighted by molar-refractivity contribution is 0.218. The van der Waals surface area contributed by atoms with Gasteiger partial charge in [0.05, 0.1) is 14.2 Å². The molecule has 3 nitrogen and oxygen atoms in total. The van der Waals surface area contributed by atoms with Gasteiger partial charge in [0, 0.05) is 17.6 Å². The van der Waals surface area contributed by atoms with Gasteiger partial charge in [-0.3, -0.25) is 4.90 Å². The Kier molecular flexibility index (Phi) is 5.32. The molecule has 128 valence electrons. The molecule has 0 fully saturated rings. The van der Waals surface area contributed by atoms with Crippen molar-refractivity contribution in [3.8, 4) is 11.5 Å². The van der Waals surface area contributed by atoms with Gasteiger partial charge < -0.3 is 9.47 Å². The molecule has 1 heterocycles. The van der Waals surface area contributed by atoms with Crippen LogP contribution in [0.2, 0.25) is 5.02 Å². The van der Waals surface area contributed by atoms with Crippen LogP contribution < -0.4 is 9.47 Å². The largest absolute Gasteiger partial charge is 0.493 e. The molecule has 4 heteroatoms. The minimum absolute atomic E-state index is 0.393. The zero-order valence-electron chi connectivity index (χ0n) is 14.5. The Labute approximate surface area is 149 Å². The van der Waals surface area contributed by atoms with Crippen molar-refractivity contribution < 1.29 is 9.47 Å². The molecule has 0 amide bonds. The number of methoxy groups -OCH3 is 2. The SMILES string of the molecule is COc1cc2c(cc1OC)[C@@H](CCc1ccc(Cl)cc1)N(C)CC2. The maximum Gasteiger partial charge on any atom is 0.161 e. The fourth-order valence-electron chi connectivity index (χ4n) is 3.48. The minimum Gasteiger partial charge on any atom is -0.493 e. The van der Waals surface area contributed by atoms with Crippen molar-refractivity contribution in [2.45, 2.75) is 25.3 Å². The summed E-state index contributed by atoms with van der Waals surface area (Å²) in [5.74, 6) is 1.63. The number of hydrogen-bond acceptors (Lipinski definition) is 3. The molecule has 1 atom stereocenters. The molecule has 0 aliphatic carbocycles. The molecule has 0 N–H and O–H groups in total. The predicted molar refractivity (Wildman–Crippen MR) is 98.4 cm³/mol. The van der Waals surface area contributed by atoms with Gasteiger partial charge in [-0.1, -0.05) is 23.7 Å². The molecule has 0 saturated carbocycles. The molecule has 3 rings (SSSR count). The van der Waals surface area contributed by atoms with Crippen molar-refractivity contribution in [2.24, 2.45) is 0 Å². The Morgan fingerprint density at radius 1 is 1.08 bits per heavy atom. The van der Waals surface area contributed by atoms with Crippen LogP contribution in [0, 0.1) is 0 Å². The van der Waals surface area contributed by atoms with E-state index in [0.29, 0.717) is 6.04 Å². The lowest BCUT2D eigenvalue weighted by Gasteiger charge is -2.35. The van der Waals surface area contributed by atoms with Crippen LogP contribution in [0.3, 0.4) is 0 Å². The van der Waals surface area contributed by atoms with Crippen molar-refractivity contribution >= 4 is 11.6 Å². The molecule has 0 saturated heterocycles. The Bertz CT molecular complexity index is 700. The second kappa shape index (κ2) is 7.45. The summed E-state index contributed by atoms with van der Waals surface area (Å²) in [5, 5.41) is 0.788. The van der Waals surface area contributed by atoms with Crippen LogP contribution in [0.4, 0.5) is 0 Å². The number of likely N-dealkylation sites (N-methyl/N-ethyl adjacent to an activating group) is 1. The van der Waals surface area contributed by atoms with Gasteiger partial charge in [0.2, 0.25) is 0 Å². The fraction of sp³-hybridized carbons (Fsp3) is 0.400. The second-order valence-corrected chi connectivity index (χ2v) is 6.75. The average molecular weight is 346 g/mol. The average Bonchev–Trinajstić information content (AvgIpc) is 2.61. The van der Waals surface area contributed by atoms with Crippen LogP contribution in [-0.4, -0.2) is 32.7 Å². The molecule has 24 heavy (non-hydrogen) atoms. The van der Waals surface area contributed by atoms with Crippen molar-refractivity contribution in [1.82, 2.24) is 4.90 Å². The first-order valence-electron chi connectivity index (χ1n) is 8.32. The molecule has 0 spiro atoms. The van der Waals surface area contributed by atoms with Gasteiger partial charge in [0.25, 0.3) is 0 Å². The summed E-state index contributed by atoms with van der Waals surface area (Å²) in [6.07, 6.45) is 3.14. The molecule has 0 unspecified atom stereocenters. The third kappa shape index (κ3) is 3.52. The number of hydrogen-bond donors (Lipinski definition) is 0. The molecular formula is C20H24ClNO2. The first-order chi connectivity index (χ1) is 11.6. The topological polar surface area (TPSA) is 21.7 Å². The Hall–Kier alpha value is -1.71. The number of ether oxygens (including phenoxy) is 2. The highest BCUT2D eigenvalue weighted by Gasteiger charge is 2.26. The van der Waals surface area contributed by atoms with Gasteiger partial charge in [-0.05, 0) is 67.3 Å². The van der Waals surface area contributed by atoms with Crippen LogP contribution in [0.1, 0.15) is 29.2 Å². The number of aryl methyl sites for hydroxylation is 1. The van der Waals surface area contributed by atoms with Crippen LogP contribution in [0.15, 0.2) is 36.4 Å². The lowest BCUT2D eigenvalue weighted by atomic mass is 9.89. The summed E-state index contributed by atoms with van der Waals surface area (Å²) < 4.78 is 11.0. The third-order valence-electron chi connectivity index (χ3n) is 4.89. The standard InChI is InChI=1S/C20H24ClNO2/c1-22-11-10-15-12-19(23-2)20(24-3)13-17(15)18(22)9-6-14-4-7-16(21)8-5-14/h4-5,7-8,12-13,18H,6,9-11H2,1-3H3/t18-/m1/s1. The zero-order chi connectivity index (χ0) is 17.1. The van der Waals surface area contributed by atoms with Crippen LogP contribution in [0.25, 0.3) is 0 Å². The maximum absolute atomic E-state index is 5.98. The number of halogens is 1. The summed E-state index contributed by atoms with van der Waals surface area (Å²) in [7, 11) is 5.59. The van der Waals surface area contributed by atoms with Crippen molar-refractivity contribution in [1.29, 1.82) is 0 Å². The highest BCUT2D eigenvalue weighted by atomic mass is 35.5. The van der Waals surface area contributed by atoms with Gasteiger partial charge in [-0.2, -0.15) is 0 Å². The Morgan fingerprint density at radius 2 is 1.75 bits per heavy atom. The lowest BCUT2D eigenvalue weighted by Crippen LogP contribution is -2.32. The summed E-state index contributed by atoms with van der Waals surface area (Å²) in [6.45, 7) is 1.06. The molecule has 0 aromatic heterocycles. The third-order valence-corrected chi connectivity index (χ3v) is 5.14. The summed E-state index contributed by atoms with van der Waals surface area (Å²) in [6, 6.07) is 12.8. The highest BCUT2D eigenvalue weighted by Crippen LogP contribution is 2.39. The molecule has 0 radical (unpaired) electrons. The smallest absolute Gasteiger partial charge is 0.161 e. The number of nitrogens with zero attached hydrogens (tertiary/aromatic N) is 1. The van der Waals surface area contributed by atoms with Crippen LogP contribution in [-0.2, 0) is 12.8 Å². The van der Waals surface area contributed by atoms with Gasteiger partial charge in [-0.25, -0.2) is 0 Å². The van der Waals surface area contributed by atoms with E-state index in [-0.39, 0.29) is 0 Å². The summed E-state index contributed by atoms with van der Waals surface area (Å²) in [4.78, 5) is 2.43. The van der Waals surface area contributed by atoms with E-state index in [1.807, 2.05) is 12.1 Å². The zero-order valence-corrected chi connectivity index (χ0v) is 15.3. The molecule has 1 aliphatic rings. The fourth-order valence-corrected chi connectivity index (χ4v) is 3.61. The quantitative estimate of drug-likeness (QED) is 0.795. The van der Waals surface area contributed by atoms with E-state index in [1.165, 1.54) is 16.7 Å². The predicted octanol–water partition coefficient (Wildman–Crippen LogP) is 4.52. The first-order valence-corrected chi connectivity index (χ1v) is 8.69. The van der Waals surface area contributed by atoms with Gasteiger partial charge in [0.15, 0.2) is 11.5 Å². The molecule has 2 aromatic rings. The minimum atomic E-state index is 0.393. The number of benzene rings is 2. The van der Waals surface area contributed by atoms with Crippen LogP contribution in [0.5, 0.6) is 11.5 Å². The Morgan fingerprint density at radius 3 is 2.42 bits per heavy atom. The second-order valence-electron chi connectivity index (χ2n) is 6.32. The van der Waals surface area contributed by atoms with E-state index in [2.05, 4.69) is 36.2 Å². The van der Waals surface area contributed by atoms with E-state index >= 15 is 0 Å². The number of fused-ring (bicyclic) bond motifs is 1. The van der Waals surface area contributed by atoms with Crippen LogP contribution >= 0.6 is 11.6 Å². The first kappa shape index (κ1) is 17.1. The maximum atomic E-state index is 5.98. The van der Waals surface area contributed by atoms with E-state index in [0.717, 1.165) is 42.3 Å².